The third-order valence-corrected chi connectivity index (χ3v) is 4.12. The molecule has 0 aliphatic rings. The molecule has 3 rings (SSSR count). The lowest BCUT2D eigenvalue weighted by Gasteiger charge is -2.26. The lowest BCUT2D eigenvalue weighted by Crippen LogP contribution is -2.40. The maximum absolute atomic E-state index is 12.6. The normalized spacial score (nSPS) is 10.8. The van der Waals surface area contributed by atoms with Crippen LogP contribution in [-0.4, -0.2) is 29.5 Å². The summed E-state index contributed by atoms with van der Waals surface area (Å²) in [5, 5.41) is 0.568. The van der Waals surface area contributed by atoms with E-state index >= 15 is 0 Å². The van der Waals surface area contributed by atoms with Crippen molar-refractivity contribution in [2.24, 2.45) is 0 Å². The molecule has 138 valence electrons. The standard InChI is InChI=1S/C21H20N2O4/c1-14(2)23(15-8-4-3-5-9-15)20(25)13-27-21(26)17-12-19(24)22-18-11-7-6-10-16(17)18/h3-12,14H,13H2,1-2H3,(H,22,24). The smallest absolute Gasteiger partial charge is 0.339 e. The minimum atomic E-state index is -0.706. The molecule has 0 atom stereocenters. The fourth-order valence-electron chi connectivity index (χ4n) is 2.97. The number of nitrogens with one attached hydrogen (secondary N) is 1. The van der Waals surface area contributed by atoms with Crippen LogP contribution in [0.1, 0.15) is 24.2 Å². The van der Waals surface area contributed by atoms with E-state index in [9.17, 15) is 14.4 Å². The number of carbonyl (C=O) groups is 2. The van der Waals surface area contributed by atoms with Crippen LogP contribution in [-0.2, 0) is 9.53 Å². The number of fused-ring (bicyclic) bond motifs is 1. The molecule has 0 aliphatic carbocycles. The molecule has 0 aliphatic heterocycles. The summed E-state index contributed by atoms with van der Waals surface area (Å²) < 4.78 is 5.22. The molecule has 6 nitrogen and oxygen atoms in total. The molecule has 27 heavy (non-hydrogen) atoms. The number of carbonyl (C=O) groups excluding carboxylic acids is 2. The van der Waals surface area contributed by atoms with Crippen LogP contribution in [0.3, 0.4) is 0 Å². The van der Waals surface area contributed by atoms with Gasteiger partial charge in [-0.05, 0) is 32.0 Å². The van der Waals surface area contributed by atoms with E-state index in [-0.39, 0.29) is 17.5 Å². The zero-order chi connectivity index (χ0) is 19.4. The highest BCUT2D eigenvalue weighted by molar-refractivity contribution is 6.04. The summed E-state index contributed by atoms with van der Waals surface area (Å²) in [5.74, 6) is -1.04. The van der Waals surface area contributed by atoms with E-state index < -0.39 is 18.1 Å². The molecule has 0 saturated carbocycles. The first kappa shape index (κ1) is 18.4. The Balaban J connectivity index is 1.79. The molecule has 6 heteroatoms. The van der Waals surface area contributed by atoms with Crippen LogP contribution in [0.5, 0.6) is 0 Å². The topological polar surface area (TPSA) is 79.5 Å². The summed E-state index contributed by atoms with van der Waals surface area (Å²) in [6.45, 7) is 3.36. The Labute approximate surface area is 156 Å². The molecular formula is C21H20N2O4. The molecule has 1 heterocycles. The van der Waals surface area contributed by atoms with Crippen molar-refractivity contribution in [3.63, 3.8) is 0 Å². The van der Waals surface area contributed by atoms with E-state index in [0.717, 1.165) is 5.69 Å². The number of para-hydroxylation sites is 2. The van der Waals surface area contributed by atoms with Crippen molar-refractivity contribution >= 4 is 28.5 Å². The fourth-order valence-corrected chi connectivity index (χ4v) is 2.97. The third-order valence-electron chi connectivity index (χ3n) is 4.12. The number of hydrogen-bond acceptors (Lipinski definition) is 4. The van der Waals surface area contributed by atoms with Gasteiger partial charge in [-0.2, -0.15) is 0 Å². The Kier molecular flexibility index (Phi) is 5.35. The van der Waals surface area contributed by atoms with Gasteiger partial charge in [0.25, 0.3) is 5.91 Å². The summed E-state index contributed by atoms with van der Waals surface area (Å²) in [6, 6.07) is 17.2. The number of nitrogens with zero attached hydrogens (tertiary/aromatic N) is 1. The molecule has 0 bridgehead atoms. The van der Waals surface area contributed by atoms with Crippen LogP contribution < -0.4 is 10.5 Å². The van der Waals surface area contributed by atoms with Gasteiger partial charge in [0.2, 0.25) is 5.56 Å². The van der Waals surface area contributed by atoms with Gasteiger partial charge >= 0.3 is 5.97 Å². The molecule has 0 unspecified atom stereocenters. The summed E-state index contributed by atoms with van der Waals surface area (Å²) in [4.78, 5) is 41.2. The molecule has 1 N–H and O–H groups in total. The molecule has 1 aromatic heterocycles. The van der Waals surface area contributed by atoms with Gasteiger partial charge in [0.1, 0.15) is 0 Å². The first-order valence-electron chi connectivity index (χ1n) is 8.63. The zero-order valence-corrected chi connectivity index (χ0v) is 15.1. The van der Waals surface area contributed by atoms with Gasteiger partial charge in [-0.15, -0.1) is 0 Å². The summed E-state index contributed by atoms with van der Waals surface area (Å²) in [6.07, 6.45) is 0. The van der Waals surface area contributed by atoms with Gasteiger partial charge in [-0.3, -0.25) is 9.59 Å². The van der Waals surface area contributed by atoms with Crippen molar-refractivity contribution < 1.29 is 14.3 Å². The van der Waals surface area contributed by atoms with Crippen LogP contribution in [0.4, 0.5) is 5.69 Å². The Morgan fingerprint density at radius 3 is 2.41 bits per heavy atom. The Bertz CT molecular complexity index is 1030. The maximum Gasteiger partial charge on any atom is 0.339 e. The number of hydrogen-bond donors (Lipinski definition) is 1. The largest absolute Gasteiger partial charge is 0.452 e. The Morgan fingerprint density at radius 1 is 1.04 bits per heavy atom. The monoisotopic (exact) mass is 364 g/mol. The van der Waals surface area contributed by atoms with Crippen LogP contribution in [0.25, 0.3) is 10.9 Å². The number of H-pyrrole nitrogens is 1. The van der Waals surface area contributed by atoms with E-state index in [2.05, 4.69) is 4.98 Å². The number of pyridine rings is 1. The van der Waals surface area contributed by atoms with Crippen LogP contribution >= 0.6 is 0 Å². The van der Waals surface area contributed by atoms with E-state index in [4.69, 9.17) is 4.74 Å². The van der Waals surface area contributed by atoms with Crippen molar-refractivity contribution in [1.29, 1.82) is 0 Å². The van der Waals surface area contributed by atoms with Crippen molar-refractivity contribution in [3.05, 3.63) is 76.6 Å². The first-order valence-corrected chi connectivity index (χ1v) is 8.63. The van der Waals surface area contributed by atoms with Crippen molar-refractivity contribution in [1.82, 2.24) is 4.98 Å². The number of amides is 1. The van der Waals surface area contributed by atoms with Crippen molar-refractivity contribution in [2.45, 2.75) is 19.9 Å². The Morgan fingerprint density at radius 2 is 1.70 bits per heavy atom. The van der Waals surface area contributed by atoms with Crippen LogP contribution in [0.15, 0.2) is 65.5 Å². The second kappa shape index (κ2) is 7.86. The average Bonchev–Trinajstić information content (AvgIpc) is 2.66. The predicted molar refractivity (Wildman–Crippen MR) is 104 cm³/mol. The second-order valence-electron chi connectivity index (χ2n) is 6.36. The van der Waals surface area contributed by atoms with E-state index in [0.29, 0.717) is 10.9 Å². The number of aromatic amines is 1. The Hall–Kier alpha value is -3.41. The van der Waals surface area contributed by atoms with E-state index in [1.807, 2.05) is 44.2 Å². The summed E-state index contributed by atoms with van der Waals surface area (Å²) >= 11 is 0. The second-order valence-corrected chi connectivity index (χ2v) is 6.36. The average molecular weight is 364 g/mol. The highest BCUT2D eigenvalue weighted by atomic mass is 16.5. The van der Waals surface area contributed by atoms with Gasteiger partial charge in [0.05, 0.1) is 5.56 Å². The zero-order valence-electron chi connectivity index (χ0n) is 15.1. The highest BCUT2D eigenvalue weighted by Crippen LogP contribution is 2.18. The van der Waals surface area contributed by atoms with Crippen LogP contribution in [0, 0.1) is 0 Å². The third kappa shape index (κ3) is 4.06. The van der Waals surface area contributed by atoms with Crippen molar-refractivity contribution in [3.8, 4) is 0 Å². The molecule has 0 fully saturated rings. The SMILES string of the molecule is CC(C)N(C(=O)COC(=O)c1cc(=O)[nH]c2ccccc12)c1ccccc1. The number of esters is 1. The summed E-state index contributed by atoms with van der Waals surface area (Å²) in [7, 11) is 0. The lowest BCUT2D eigenvalue weighted by atomic mass is 10.1. The molecule has 0 spiro atoms. The molecular weight excluding hydrogens is 344 g/mol. The maximum atomic E-state index is 12.6. The molecule has 0 saturated heterocycles. The van der Waals surface area contributed by atoms with Gasteiger partial charge in [0.15, 0.2) is 6.61 Å². The van der Waals surface area contributed by atoms with Crippen molar-refractivity contribution in [2.75, 3.05) is 11.5 Å². The van der Waals surface area contributed by atoms with Gasteiger partial charge in [-0.25, -0.2) is 4.79 Å². The minimum absolute atomic E-state index is 0.0981. The lowest BCUT2D eigenvalue weighted by molar-refractivity contribution is -0.122. The fraction of sp³-hybridized carbons (Fsp3) is 0.190. The van der Waals surface area contributed by atoms with Gasteiger partial charge < -0.3 is 14.6 Å². The predicted octanol–water partition coefficient (Wildman–Crippen LogP) is 3.13. The molecule has 1 amide bonds. The highest BCUT2D eigenvalue weighted by Gasteiger charge is 2.21. The number of anilines is 1. The molecule has 3 aromatic rings. The van der Waals surface area contributed by atoms with E-state index in [1.54, 1.807) is 29.2 Å². The van der Waals surface area contributed by atoms with Gasteiger partial charge in [0, 0.05) is 28.7 Å². The quantitative estimate of drug-likeness (QED) is 0.706. The van der Waals surface area contributed by atoms with Crippen LogP contribution in [0.2, 0.25) is 0 Å². The first-order chi connectivity index (χ1) is 13.0. The summed E-state index contributed by atoms with van der Waals surface area (Å²) in [5.41, 5.74) is 1.00. The minimum Gasteiger partial charge on any atom is -0.452 e. The van der Waals surface area contributed by atoms with Gasteiger partial charge in [-0.1, -0.05) is 36.4 Å². The number of rotatable bonds is 5. The number of aromatic nitrogens is 1. The number of benzene rings is 2. The molecule has 0 radical (unpaired) electrons. The van der Waals surface area contributed by atoms with E-state index in [1.165, 1.54) is 6.07 Å². The number of ether oxygens (including phenoxy) is 1. The molecule has 2 aromatic carbocycles.